The van der Waals surface area contributed by atoms with E-state index in [1.54, 1.807) is 19.0 Å². The van der Waals surface area contributed by atoms with Gasteiger partial charge in [0.25, 0.3) is 0 Å². The lowest BCUT2D eigenvalue weighted by Crippen LogP contribution is -2.49. The van der Waals surface area contributed by atoms with Gasteiger partial charge in [-0.2, -0.15) is 0 Å². The van der Waals surface area contributed by atoms with Crippen LogP contribution in [-0.2, 0) is 4.79 Å². The summed E-state index contributed by atoms with van der Waals surface area (Å²) >= 11 is 1.36. The van der Waals surface area contributed by atoms with Crippen LogP contribution in [0, 0.1) is 12.8 Å². The molecule has 9 heteroatoms. The van der Waals surface area contributed by atoms with Gasteiger partial charge in [-0.3, -0.25) is 9.89 Å². The average Bonchev–Trinajstić information content (AvgIpc) is 2.77. The minimum Gasteiger partial charge on any atom is -0.337 e. The quantitative estimate of drug-likeness (QED) is 0.814. The zero-order chi connectivity index (χ0) is 17.3. The Labute approximate surface area is 146 Å². The van der Waals surface area contributed by atoms with Crippen LogP contribution in [0.4, 0.5) is 4.79 Å². The topological polar surface area (TPSA) is 85.4 Å². The maximum atomic E-state index is 12.7. The number of carbonyl (C=O) groups excluding carboxylic acids is 2. The van der Waals surface area contributed by atoms with Gasteiger partial charge in [-0.15, -0.1) is 5.10 Å². The molecule has 2 atom stereocenters. The van der Waals surface area contributed by atoms with Crippen LogP contribution in [0.1, 0.15) is 18.7 Å². The van der Waals surface area contributed by atoms with Crippen LogP contribution in [0.2, 0.25) is 0 Å². The van der Waals surface area contributed by atoms with Crippen molar-refractivity contribution in [1.82, 2.24) is 29.9 Å². The van der Waals surface area contributed by atoms with Crippen molar-refractivity contribution in [3.05, 3.63) is 5.82 Å². The molecule has 0 saturated carbocycles. The van der Waals surface area contributed by atoms with Crippen LogP contribution in [0.15, 0.2) is 5.16 Å². The Morgan fingerprint density at radius 1 is 1.29 bits per heavy atom. The first-order valence-electron chi connectivity index (χ1n) is 8.21. The molecule has 24 heavy (non-hydrogen) atoms. The molecule has 1 N–H and O–H groups in total. The average molecular weight is 352 g/mol. The monoisotopic (exact) mass is 352 g/mol. The van der Waals surface area contributed by atoms with Crippen LogP contribution in [0.5, 0.6) is 0 Å². The van der Waals surface area contributed by atoms with Gasteiger partial charge >= 0.3 is 6.03 Å². The highest BCUT2D eigenvalue weighted by Gasteiger charge is 2.38. The SMILES string of the molecule is Cc1nc(SCC(=O)N2C[C@@H]3CC[C@H]2CN(C(=O)N(C)C)C3)n[nH]1. The van der Waals surface area contributed by atoms with Gasteiger partial charge in [-0.1, -0.05) is 11.8 Å². The van der Waals surface area contributed by atoms with E-state index in [1.807, 2.05) is 16.7 Å². The van der Waals surface area contributed by atoms with Crippen molar-refractivity contribution in [1.29, 1.82) is 0 Å². The highest BCUT2D eigenvalue weighted by atomic mass is 32.2. The number of aromatic nitrogens is 3. The Bertz CT molecular complexity index is 619. The van der Waals surface area contributed by atoms with E-state index in [4.69, 9.17) is 0 Å². The first-order chi connectivity index (χ1) is 11.4. The number of aryl methyl sites for hydroxylation is 1. The van der Waals surface area contributed by atoms with Crippen molar-refractivity contribution < 1.29 is 9.59 Å². The Morgan fingerprint density at radius 3 is 2.75 bits per heavy atom. The molecule has 3 aliphatic heterocycles. The molecule has 0 aromatic carbocycles. The fraction of sp³-hybridized carbons (Fsp3) is 0.733. The van der Waals surface area contributed by atoms with E-state index >= 15 is 0 Å². The number of hydrogen-bond acceptors (Lipinski definition) is 5. The fourth-order valence-corrected chi connectivity index (χ4v) is 4.15. The summed E-state index contributed by atoms with van der Waals surface area (Å²) in [6.45, 7) is 3.95. The predicted octanol–water partition coefficient (Wildman–Crippen LogP) is 0.810. The van der Waals surface area contributed by atoms with Crippen molar-refractivity contribution >= 4 is 23.7 Å². The standard InChI is InChI=1S/C15H24N6O2S/c1-10-16-14(18-17-10)24-9-13(22)21-7-11-4-5-12(21)8-20(6-11)15(23)19(2)3/h11-12H,4-9H2,1-3H3,(H,16,17,18)/t11-,12+/m1/s1. The van der Waals surface area contributed by atoms with Crippen LogP contribution < -0.4 is 0 Å². The van der Waals surface area contributed by atoms with Crippen LogP contribution >= 0.6 is 11.8 Å². The van der Waals surface area contributed by atoms with Crippen LogP contribution in [0.3, 0.4) is 0 Å². The number of piperidine rings is 1. The Balaban J connectivity index is 1.62. The van der Waals surface area contributed by atoms with Crippen LogP contribution in [0.25, 0.3) is 0 Å². The summed E-state index contributed by atoms with van der Waals surface area (Å²) in [5.74, 6) is 1.56. The number of rotatable bonds is 3. The first-order valence-corrected chi connectivity index (χ1v) is 9.20. The third-order valence-electron chi connectivity index (χ3n) is 4.59. The number of carbonyl (C=O) groups is 2. The van der Waals surface area contributed by atoms with E-state index in [0.717, 1.165) is 31.8 Å². The van der Waals surface area contributed by atoms with Crippen molar-refractivity contribution in [3.8, 4) is 0 Å². The Kier molecular flexibility index (Phi) is 4.98. The van der Waals surface area contributed by atoms with Crippen molar-refractivity contribution in [3.63, 3.8) is 0 Å². The molecule has 0 radical (unpaired) electrons. The lowest BCUT2D eigenvalue weighted by Gasteiger charge is -2.36. The number of nitrogens with zero attached hydrogens (tertiary/aromatic N) is 5. The number of amides is 3. The van der Waals surface area contributed by atoms with E-state index in [2.05, 4.69) is 15.2 Å². The Morgan fingerprint density at radius 2 is 2.08 bits per heavy atom. The molecule has 132 valence electrons. The van der Waals surface area contributed by atoms with Gasteiger partial charge in [0.2, 0.25) is 11.1 Å². The highest BCUT2D eigenvalue weighted by molar-refractivity contribution is 7.99. The Hall–Kier alpha value is -1.77. The van der Waals surface area contributed by atoms with Gasteiger partial charge in [-0.25, -0.2) is 9.78 Å². The van der Waals surface area contributed by atoms with Gasteiger partial charge in [0.05, 0.1) is 5.75 Å². The molecule has 0 spiro atoms. The lowest BCUT2D eigenvalue weighted by atomic mass is 9.95. The van der Waals surface area contributed by atoms with Gasteiger partial charge < -0.3 is 14.7 Å². The predicted molar refractivity (Wildman–Crippen MR) is 90.7 cm³/mol. The minimum absolute atomic E-state index is 0.0340. The van der Waals surface area contributed by atoms with E-state index in [9.17, 15) is 9.59 Å². The number of nitrogens with one attached hydrogen (secondary N) is 1. The van der Waals surface area contributed by atoms with Crippen molar-refractivity contribution in [2.24, 2.45) is 5.92 Å². The molecule has 1 aromatic heterocycles. The second kappa shape index (κ2) is 7.00. The summed E-state index contributed by atoms with van der Waals surface area (Å²) in [5.41, 5.74) is 0. The van der Waals surface area contributed by atoms with Gasteiger partial charge in [0.1, 0.15) is 5.82 Å². The maximum Gasteiger partial charge on any atom is 0.319 e. The summed E-state index contributed by atoms with van der Waals surface area (Å²) in [7, 11) is 3.54. The number of H-pyrrole nitrogens is 1. The first kappa shape index (κ1) is 17.1. The minimum atomic E-state index is 0.0340. The number of urea groups is 1. The number of fused-ring (bicyclic) bond motifs is 4. The second-order valence-corrected chi connectivity index (χ2v) is 7.66. The van der Waals surface area contributed by atoms with E-state index in [-0.39, 0.29) is 18.0 Å². The van der Waals surface area contributed by atoms with Gasteiger partial charge in [0, 0.05) is 39.8 Å². The smallest absolute Gasteiger partial charge is 0.319 e. The molecule has 1 aromatic rings. The van der Waals surface area contributed by atoms with Gasteiger partial charge in [-0.05, 0) is 25.7 Å². The van der Waals surface area contributed by atoms with E-state index < -0.39 is 0 Å². The van der Waals surface area contributed by atoms with Crippen LogP contribution in [-0.4, -0.2) is 87.3 Å². The molecule has 3 saturated heterocycles. The molecule has 0 aliphatic carbocycles. The molecular formula is C15H24N6O2S. The summed E-state index contributed by atoms with van der Waals surface area (Å²) in [6.07, 6.45) is 2.05. The molecule has 8 nitrogen and oxygen atoms in total. The molecule has 3 fully saturated rings. The summed E-state index contributed by atoms with van der Waals surface area (Å²) in [6, 6.07) is 0.154. The second-order valence-electron chi connectivity index (χ2n) is 6.72. The normalized spacial score (nSPS) is 23.3. The number of thioether (sulfide) groups is 1. The summed E-state index contributed by atoms with van der Waals surface area (Å²) in [5, 5.41) is 7.44. The van der Waals surface area contributed by atoms with Crippen molar-refractivity contribution in [2.75, 3.05) is 39.5 Å². The maximum absolute atomic E-state index is 12.7. The zero-order valence-corrected chi connectivity index (χ0v) is 15.2. The molecule has 4 rings (SSSR count). The number of hydrogen-bond donors (Lipinski definition) is 1. The molecule has 3 aliphatic rings. The summed E-state index contributed by atoms with van der Waals surface area (Å²) in [4.78, 5) is 34.6. The fourth-order valence-electron chi connectivity index (χ4n) is 3.42. The summed E-state index contributed by atoms with van der Waals surface area (Å²) < 4.78 is 0. The third-order valence-corrected chi connectivity index (χ3v) is 5.42. The lowest BCUT2D eigenvalue weighted by molar-refractivity contribution is -0.132. The van der Waals surface area contributed by atoms with Gasteiger partial charge in [0.15, 0.2) is 0 Å². The van der Waals surface area contributed by atoms with Crippen molar-refractivity contribution in [2.45, 2.75) is 31.0 Å². The van der Waals surface area contributed by atoms with E-state index in [0.29, 0.717) is 23.4 Å². The molecule has 0 unspecified atom stereocenters. The largest absolute Gasteiger partial charge is 0.337 e. The molecule has 3 amide bonds. The highest BCUT2D eigenvalue weighted by Crippen LogP contribution is 2.29. The molecular weight excluding hydrogens is 328 g/mol. The zero-order valence-electron chi connectivity index (χ0n) is 14.4. The number of aromatic amines is 1. The molecule has 2 bridgehead atoms. The molecule has 4 heterocycles. The third kappa shape index (κ3) is 3.66. The van der Waals surface area contributed by atoms with E-state index in [1.165, 1.54) is 11.8 Å².